The summed E-state index contributed by atoms with van der Waals surface area (Å²) >= 11 is 0. The minimum atomic E-state index is -0.454. The van der Waals surface area contributed by atoms with Gasteiger partial charge in [-0.2, -0.15) is 0 Å². The summed E-state index contributed by atoms with van der Waals surface area (Å²) in [5.74, 6) is 1.86. The van der Waals surface area contributed by atoms with Gasteiger partial charge in [0.1, 0.15) is 18.0 Å². The number of hydrogen-bond donors (Lipinski definition) is 0. The van der Waals surface area contributed by atoms with Crippen LogP contribution in [0.25, 0.3) is 0 Å². The second kappa shape index (κ2) is 11.4. The number of benzene rings is 2. The molecule has 4 nitrogen and oxygen atoms in total. The Kier molecular flexibility index (Phi) is 8.60. The van der Waals surface area contributed by atoms with Crippen LogP contribution in [0.3, 0.4) is 0 Å². The van der Waals surface area contributed by atoms with Crippen molar-refractivity contribution < 1.29 is 14.3 Å². The lowest BCUT2D eigenvalue weighted by atomic mass is 9.78. The highest BCUT2D eigenvalue weighted by molar-refractivity contribution is 5.68. The van der Waals surface area contributed by atoms with Crippen LogP contribution in [0.2, 0.25) is 0 Å². The molecule has 0 aromatic heterocycles. The van der Waals surface area contributed by atoms with E-state index in [0.717, 1.165) is 38.1 Å². The fourth-order valence-electron chi connectivity index (χ4n) is 4.33. The highest BCUT2D eigenvalue weighted by atomic mass is 16.6. The van der Waals surface area contributed by atoms with Crippen molar-refractivity contribution in [3.63, 3.8) is 0 Å². The van der Waals surface area contributed by atoms with Crippen LogP contribution in [0.4, 0.5) is 4.79 Å². The van der Waals surface area contributed by atoms with Crippen molar-refractivity contribution in [2.24, 2.45) is 5.92 Å². The quantitative estimate of drug-likeness (QED) is 0.415. The number of piperidine rings is 1. The predicted octanol–water partition coefficient (Wildman–Crippen LogP) is 7.35. The van der Waals surface area contributed by atoms with Gasteiger partial charge in [-0.25, -0.2) is 4.79 Å². The van der Waals surface area contributed by atoms with E-state index in [4.69, 9.17) is 9.47 Å². The van der Waals surface area contributed by atoms with Gasteiger partial charge in [0.25, 0.3) is 0 Å². The first-order chi connectivity index (χ1) is 15.7. The normalized spacial score (nSPS) is 15.6. The highest BCUT2D eigenvalue weighted by Crippen LogP contribution is 2.37. The highest BCUT2D eigenvalue weighted by Gasteiger charge is 2.31. The zero-order chi connectivity index (χ0) is 23.8. The molecule has 0 aliphatic carbocycles. The minimum Gasteiger partial charge on any atom is -0.489 e. The average Bonchev–Trinajstić information content (AvgIpc) is 2.78. The molecule has 1 saturated heterocycles. The van der Waals surface area contributed by atoms with E-state index in [1.54, 1.807) is 0 Å². The standard InChI is InChI=1S/C29H39NO3/c1-22(2)11-16-27(25-17-19-30(20-18-25)28(31)33-29(3,4)5)24-12-14-26(15-13-24)32-21-23-9-7-6-8-10-23/h6-15,25,27H,16-21H2,1-5H3. The van der Waals surface area contributed by atoms with Gasteiger partial charge in [0.2, 0.25) is 0 Å². The number of hydrogen-bond acceptors (Lipinski definition) is 3. The first-order valence-corrected chi connectivity index (χ1v) is 12.1. The minimum absolute atomic E-state index is 0.193. The molecule has 0 bridgehead atoms. The third-order valence-corrected chi connectivity index (χ3v) is 6.10. The Labute approximate surface area is 199 Å². The van der Waals surface area contributed by atoms with E-state index in [-0.39, 0.29) is 6.09 Å². The van der Waals surface area contributed by atoms with Gasteiger partial charge in [0.15, 0.2) is 0 Å². The van der Waals surface area contributed by atoms with Crippen LogP contribution in [0.1, 0.15) is 70.9 Å². The number of likely N-dealkylation sites (tertiary alicyclic amines) is 1. The molecule has 3 rings (SSSR count). The Hall–Kier alpha value is -2.75. The Morgan fingerprint density at radius 2 is 1.67 bits per heavy atom. The molecule has 178 valence electrons. The van der Waals surface area contributed by atoms with E-state index in [1.807, 2.05) is 43.9 Å². The van der Waals surface area contributed by atoms with Crippen LogP contribution >= 0.6 is 0 Å². The second-order valence-corrected chi connectivity index (χ2v) is 10.3. The molecule has 1 atom stereocenters. The van der Waals surface area contributed by atoms with E-state index < -0.39 is 5.60 Å². The SMILES string of the molecule is CC(C)=CCC(c1ccc(OCc2ccccc2)cc1)C1CCN(C(=O)OC(C)(C)C)CC1. The Bertz CT molecular complexity index is 900. The van der Waals surface area contributed by atoms with Gasteiger partial charge in [-0.3, -0.25) is 0 Å². The molecule has 2 aromatic rings. The van der Waals surface area contributed by atoms with Crippen LogP contribution in [0.5, 0.6) is 5.75 Å². The van der Waals surface area contributed by atoms with Gasteiger partial charge in [-0.05, 0) is 89.0 Å². The Morgan fingerprint density at radius 3 is 2.24 bits per heavy atom. The third kappa shape index (κ3) is 7.96. The number of ether oxygens (including phenoxy) is 2. The summed E-state index contributed by atoms with van der Waals surface area (Å²) in [4.78, 5) is 14.3. The third-order valence-electron chi connectivity index (χ3n) is 6.10. The topological polar surface area (TPSA) is 38.8 Å². The largest absolute Gasteiger partial charge is 0.489 e. The Morgan fingerprint density at radius 1 is 1.03 bits per heavy atom. The molecule has 1 aliphatic rings. The van der Waals surface area contributed by atoms with Crippen molar-refractivity contribution >= 4 is 6.09 Å². The number of allylic oxidation sites excluding steroid dienone is 2. The summed E-state index contributed by atoms with van der Waals surface area (Å²) in [7, 11) is 0. The molecule has 4 heteroatoms. The van der Waals surface area contributed by atoms with Crippen LogP contribution in [0, 0.1) is 5.92 Å². The molecule has 1 heterocycles. The fourth-order valence-corrected chi connectivity index (χ4v) is 4.33. The van der Waals surface area contributed by atoms with Crippen molar-refractivity contribution in [2.75, 3.05) is 13.1 Å². The van der Waals surface area contributed by atoms with Crippen LogP contribution in [-0.4, -0.2) is 29.7 Å². The van der Waals surface area contributed by atoms with Crippen molar-refractivity contribution in [2.45, 2.75) is 72.0 Å². The van der Waals surface area contributed by atoms with Crippen LogP contribution in [-0.2, 0) is 11.3 Å². The molecule has 1 aliphatic heterocycles. The molecule has 2 aromatic carbocycles. The number of rotatable bonds is 7. The van der Waals surface area contributed by atoms with Crippen molar-refractivity contribution in [3.8, 4) is 5.75 Å². The maximum absolute atomic E-state index is 12.5. The van der Waals surface area contributed by atoms with Gasteiger partial charge >= 0.3 is 6.09 Å². The number of carbonyl (C=O) groups is 1. The van der Waals surface area contributed by atoms with Gasteiger partial charge in [-0.1, -0.05) is 54.1 Å². The van der Waals surface area contributed by atoms with Crippen LogP contribution in [0.15, 0.2) is 66.2 Å². The summed E-state index contributed by atoms with van der Waals surface area (Å²) in [6.45, 7) is 12.1. The summed E-state index contributed by atoms with van der Waals surface area (Å²) in [5.41, 5.74) is 3.40. The smallest absolute Gasteiger partial charge is 0.410 e. The monoisotopic (exact) mass is 449 g/mol. The van der Waals surface area contributed by atoms with Crippen molar-refractivity contribution in [1.82, 2.24) is 4.90 Å². The van der Waals surface area contributed by atoms with Gasteiger partial charge in [0.05, 0.1) is 0 Å². The first kappa shape index (κ1) is 24.9. The average molecular weight is 450 g/mol. The van der Waals surface area contributed by atoms with Crippen molar-refractivity contribution in [3.05, 3.63) is 77.4 Å². The van der Waals surface area contributed by atoms with Gasteiger partial charge < -0.3 is 14.4 Å². The fraction of sp³-hybridized carbons (Fsp3) is 0.483. The second-order valence-electron chi connectivity index (χ2n) is 10.3. The van der Waals surface area contributed by atoms with Gasteiger partial charge in [0, 0.05) is 13.1 Å². The lowest BCUT2D eigenvalue weighted by Crippen LogP contribution is -2.42. The molecular formula is C29H39NO3. The maximum atomic E-state index is 12.5. The van der Waals surface area contributed by atoms with E-state index in [2.05, 4.69) is 56.3 Å². The molecule has 0 radical (unpaired) electrons. The lowest BCUT2D eigenvalue weighted by molar-refractivity contribution is 0.0174. The van der Waals surface area contributed by atoms with Crippen molar-refractivity contribution in [1.29, 1.82) is 0 Å². The number of carbonyl (C=O) groups excluding carboxylic acids is 1. The van der Waals surface area contributed by atoms with Gasteiger partial charge in [-0.15, -0.1) is 0 Å². The summed E-state index contributed by atoms with van der Waals surface area (Å²) < 4.78 is 11.5. The Balaban J connectivity index is 1.64. The summed E-state index contributed by atoms with van der Waals surface area (Å²) in [6, 6.07) is 18.8. The zero-order valence-corrected chi connectivity index (χ0v) is 20.8. The zero-order valence-electron chi connectivity index (χ0n) is 20.8. The molecule has 33 heavy (non-hydrogen) atoms. The van der Waals surface area contributed by atoms with E-state index in [0.29, 0.717) is 18.4 Å². The number of amides is 1. The predicted molar refractivity (Wildman–Crippen MR) is 135 cm³/mol. The molecule has 1 fully saturated rings. The lowest BCUT2D eigenvalue weighted by Gasteiger charge is -2.37. The molecule has 1 unspecified atom stereocenters. The molecular weight excluding hydrogens is 410 g/mol. The molecule has 0 spiro atoms. The van der Waals surface area contributed by atoms with E-state index in [1.165, 1.54) is 16.7 Å². The van der Waals surface area contributed by atoms with E-state index >= 15 is 0 Å². The first-order valence-electron chi connectivity index (χ1n) is 12.1. The molecule has 0 N–H and O–H groups in total. The summed E-state index contributed by atoms with van der Waals surface area (Å²) in [6.07, 6.45) is 5.15. The number of nitrogens with zero attached hydrogens (tertiary/aromatic N) is 1. The van der Waals surface area contributed by atoms with Crippen LogP contribution < -0.4 is 4.74 Å². The van der Waals surface area contributed by atoms with E-state index in [9.17, 15) is 4.79 Å². The maximum Gasteiger partial charge on any atom is 0.410 e. The molecule has 1 amide bonds. The summed E-state index contributed by atoms with van der Waals surface area (Å²) in [5, 5.41) is 0. The molecule has 0 saturated carbocycles.